The van der Waals surface area contributed by atoms with Crippen LogP contribution in [0.2, 0.25) is 0 Å². The van der Waals surface area contributed by atoms with Gasteiger partial charge in [-0.2, -0.15) is 0 Å². The Labute approximate surface area is 107 Å². The lowest BCUT2D eigenvalue weighted by molar-refractivity contribution is 0.452. The lowest BCUT2D eigenvalue weighted by Gasteiger charge is -2.21. The number of nitrogens with zero attached hydrogens (tertiary/aromatic N) is 1. The molecule has 2 heterocycles. The fourth-order valence-corrected chi connectivity index (χ4v) is 5.85. The van der Waals surface area contributed by atoms with E-state index in [1.54, 1.807) is 11.8 Å². The van der Waals surface area contributed by atoms with Gasteiger partial charge in [-0.1, -0.05) is 24.6 Å². The summed E-state index contributed by atoms with van der Waals surface area (Å²) < 4.78 is 22.7. The van der Waals surface area contributed by atoms with E-state index in [-0.39, 0.29) is 17.3 Å². The van der Waals surface area contributed by atoms with Crippen LogP contribution in [0.4, 0.5) is 0 Å². The van der Waals surface area contributed by atoms with E-state index in [2.05, 4.69) is 10.3 Å². The molecule has 1 atom stereocenters. The normalized spacial score (nSPS) is 36.7. The van der Waals surface area contributed by atoms with Crippen molar-refractivity contribution in [1.29, 1.82) is 0 Å². The van der Waals surface area contributed by atoms with Gasteiger partial charge in [0, 0.05) is 11.3 Å². The number of hydrogen-bond acceptors (Lipinski definition) is 4. The molecule has 4 nitrogen and oxygen atoms in total. The highest BCUT2D eigenvalue weighted by molar-refractivity contribution is 8.14. The standard InChI is InChI=1S/C11H18N2O2S2/c14-17(15)6-3-9(7-17)12-10-13-11(8-16-10)4-1-2-5-11/h9H,1-8H2,(H,12,13). The molecule has 0 aromatic carbocycles. The SMILES string of the molecule is O=S1(=O)CCC(N=C2NC3(CCCC3)CS2)C1. The molecule has 17 heavy (non-hydrogen) atoms. The predicted molar refractivity (Wildman–Crippen MR) is 71.3 cm³/mol. The van der Waals surface area contributed by atoms with Crippen LogP contribution in [-0.4, -0.2) is 42.4 Å². The summed E-state index contributed by atoms with van der Waals surface area (Å²) in [6.45, 7) is 0. The van der Waals surface area contributed by atoms with Crippen molar-refractivity contribution in [2.45, 2.75) is 43.7 Å². The van der Waals surface area contributed by atoms with Crippen molar-refractivity contribution < 1.29 is 8.42 Å². The zero-order valence-corrected chi connectivity index (χ0v) is 11.4. The fourth-order valence-electron chi connectivity index (χ4n) is 2.94. The molecular formula is C11H18N2O2S2. The molecule has 2 saturated heterocycles. The van der Waals surface area contributed by atoms with Gasteiger partial charge >= 0.3 is 0 Å². The molecule has 1 N–H and O–H groups in total. The Morgan fingerprint density at radius 3 is 2.76 bits per heavy atom. The largest absolute Gasteiger partial charge is 0.359 e. The topological polar surface area (TPSA) is 58.5 Å². The summed E-state index contributed by atoms with van der Waals surface area (Å²) in [4.78, 5) is 4.58. The summed E-state index contributed by atoms with van der Waals surface area (Å²) in [5, 5.41) is 4.52. The van der Waals surface area contributed by atoms with E-state index < -0.39 is 9.84 Å². The van der Waals surface area contributed by atoms with Crippen LogP contribution in [-0.2, 0) is 9.84 Å². The van der Waals surface area contributed by atoms with Crippen molar-refractivity contribution in [3.8, 4) is 0 Å². The molecule has 6 heteroatoms. The molecule has 96 valence electrons. The van der Waals surface area contributed by atoms with E-state index in [9.17, 15) is 8.42 Å². The average Bonchev–Trinajstić information content (AvgIpc) is 2.93. The van der Waals surface area contributed by atoms with Crippen LogP contribution in [0.3, 0.4) is 0 Å². The molecule has 0 bridgehead atoms. The molecule has 1 unspecified atom stereocenters. The number of sulfone groups is 1. The second-order valence-corrected chi connectivity index (χ2v) is 8.58. The maximum atomic E-state index is 11.4. The smallest absolute Gasteiger partial charge is 0.157 e. The molecule has 0 amide bonds. The van der Waals surface area contributed by atoms with E-state index in [4.69, 9.17) is 0 Å². The Kier molecular flexibility index (Phi) is 2.89. The summed E-state index contributed by atoms with van der Waals surface area (Å²) >= 11 is 1.77. The fraction of sp³-hybridized carbons (Fsp3) is 0.909. The molecule has 0 radical (unpaired) electrons. The van der Waals surface area contributed by atoms with Crippen molar-refractivity contribution in [3.63, 3.8) is 0 Å². The van der Waals surface area contributed by atoms with Crippen molar-refractivity contribution in [2.24, 2.45) is 4.99 Å². The third kappa shape index (κ3) is 2.47. The molecule has 3 fully saturated rings. The number of hydrogen-bond donors (Lipinski definition) is 1. The van der Waals surface area contributed by atoms with Gasteiger partial charge in [-0.15, -0.1) is 0 Å². The van der Waals surface area contributed by atoms with E-state index in [1.165, 1.54) is 25.7 Å². The Balaban J connectivity index is 1.66. The highest BCUT2D eigenvalue weighted by Gasteiger charge is 2.40. The summed E-state index contributed by atoms with van der Waals surface area (Å²) in [6, 6.07) is -0.00782. The summed E-state index contributed by atoms with van der Waals surface area (Å²) in [7, 11) is -2.81. The monoisotopic (exact) mass is 274 g/mol. The van der Waals surface area contributed by atoms with Crippen molar-refractivity contribution in [1.82, 2.24) is 5.32 Å². The van der Waals surface area contributed by atoms with Crippen LogP contribution in [0.15, 0.2) is 4.99 Å². The van der Waals surface area contributed by atoms with Gasteiger partial charge in [0.05, 0.1) is 17.5 Å². The minimum Gasteiger partial charge on any atom is -0.359 e. The van der Waals surface area contributed by atoms with E-state index in [0.717, 1.165) is 10.9 Å². The number of nitrogens with one attached hydrogen (secondary N) is 1. The van der Waals surface area contributed by atoms with Crippen LogP contribution >= 0.6 is 11.8 Å². The van der Waals surface area contributed by atoms with E-state index in [1.807, 2.05) is 0 Å². The minimum atomic E-state index is -2.81. The first-order valence-corrected chi connectivity index (χ1v) is 9.07. The van der Waals surface area contributed by atoms with Crippen molar-refractivity contribution in [3.05, 3.63) is 0 Å². The van der Waals surface area contributed by atoms with Crippen LogP contribution in [0.5, 0.6) is 0 Å². The maximum absolute atomic E-state index is 11.4. The molecule has 3 aliphatic rings. The number of rotatable bonds is 1. The molecule has 0 aromatic heterocycles. The van der Waals surface area contributed by atoms with Gasteiger partial charge in [0.15, 0.2) is 15.0 Å². The average molecular weight is 274 g/mol. The Bertz CT molecular complexity index is 438. The summed E-state index contributed by atoms with van der Waals surface area (Å²) in [5.41, 5.74) is 0.279. The second-order valence-electron chi connectivity index (χ2n) is 5.39. The maximum Gasteiger partial charge on any atom is 0.157 e. The highest BCUT2D eigenvalue weighted by atomic mass is 32.2. The third-order valence-electron chi connectivity index (χ3n) is 3.93. The second kappa shape index (κ2) is 4.16. The van der Waals surface area contributed by atoms with Gasteiger partial charge in [-0.3, -0.25) is 4.99 Å². The van der Waals surface area contributed by atoms with Gasteiger partial charge < -0.3 is 5.32 Å². The van der Waals surface area contributed by atoms with Crippen molar-refractivity contribution >= 4 is 26.8 Å². The molecule has 2 aliphatic heterocycles. The van der Waals surface area contributed by atoms with Crippen molar-refractivity contribution in [2.75, 3.05) is 17.3 Å². The Morgan fingerprint density at radius 2 is 2.12 bits per heavy atom. The Hall–Kier alpha value is -0.230. The van der Waals surface area contributed by atoms with E-state index >= 15 is 0 Å². The van der Waals surface area contributed by atoms with Crippen LogP contribution in [0, 0.1) is 0 Å². The highest BCUT2D eigenvalue weighted by Crippen LogP contribution is 2.37. The zero-order chi connectivity index (χ0) is 11.9. The molecule has 3 rings (SSSR count). The third-order valence-corrected chi connectivity index (χ3v) is 6.85. The van der Waals surface area contributed by atoms with Gasteiger partial charge in [-0.05, 0) is 19.3 Å². The van der Waals surface area contributed by atoms with Crippen LogP contribution < -0.4 is 5.32 Å². The van der Waals surface area contributed by atoms with Gasteiger partial charge in [0.2, 0.25) is 0 Å². The first kappa shape index (κ1) is 11.8. The van der Waals surface area contributed by atoms with Gasteiger partial charge in [0.1, 0.15) is 0 Å². The van der Waals surface area contributed by atoms with Crippen LogP contribution in [0.25, 0.3) is 0 Å². The number of aliphatic imine (C=N–C) groups is 1. The number of amidine groups is 1. The number of thioether (sulfide) groups is 1. The quantitative estimate of drug-likeness (QED) is 0.780. The predicted octanol–water partition coefficient (Wildman–Crippen LogP) is 1.18. The molecule has 0 aromatic rings. The minimum absolute atomic E-state index is 0.00782. The molecule has 1 aliphatic carbocycles. The lowest BCUT2D eigenvalue weighted by atomic mass is 10.0. The van der Waals surface area contributed by atoms with E-state index in [0.29, 0.717) is 12.2 Å². The zero-order valence-electron chi connectivity index (χ0n) is 9.81. The first-order chi connectivity index (χ1) is 8.07. The van der Waals surface area contributed by atoms with Gasteiger partial charge in [-0.25, -0.2) is 8.42 Å². The molecule has 1 saturated carbocycles. The Morgan fingerprint density at radius 1 is 1.35 bits per heavy atom. The summed E-state index contributed by atoms with van der Waals surface area (Å²) in [6.07, 6.45) is 5.78. The molecular weight excluding hydrogens is 256 g/mol. The first-order valence-electron chi connectivity index (χ1n) is 6.26. The van der Waals surface area contributed by atoms with Crippen LogP contribution in [0.1, 0.15) is 32.1 Å². The van der Waals surface area contributed by atoms with Gasteiger partial charge in [0.25, 0.3) is 0 Å². The summed E-state index contributed by atoms with van der Waals surface area (Å²) in [5.74, 6) is 1.65. The molecule has 1 spiro atoms. The lowest BCUT2D eigenvalue weighted by Crippen LogP contribution is -2.41.